The molecule has 0 saturated heterocycles. The van der Waals surface area contributed by atoms with Crippen molar-refractivity contribution in [1.82, 2.24) is 4.98 Å². The van der Waals surface area contributed by atoms with Gasteiger partial charge < -0.3 is 13.9 Å². The summed E-state index contributed by atoms with van der Waals surface area (Å²) in [6.45, 7) is -3.07. The lowest BCUT2D eigenvalue weighted by Gasteiger charge is -2.15. The topological polar surface area (TPSA) is 105 Å². The van der Waals surface area contributed by atoms with Crippen LogP contribution in [0, 0.1) is 10.1 Å². The number of carbonyl (C=O) groups excluding carboxylic acids is 1. The largest absolute Gasteiger partial charge is 0.454 e. The van der Waals surface area contributed by atoms with E-state index < -0.39 is 23.6 Å². The number of nitrogens with zero attached hydrogens (tertiary/aromatic N) is 2. The minimum Gasteiger partial charge on any atom is -0.454 e. The van der Waals surface area contributed by atoms with Crippen LogP contribution in [0.15, 0.2) is 58.9 Å². The van der Waals surface area contributed by atoms with Crippen LogP contribution in [0.5, 0.6) is 5.75 Å². The Kier molecular flexibility index (Phi) is 4.67. The lowest BCUT2D eigenvalue weighted by Crippen LogP contribution is -2.18. The first-order valence-electron chi connectivity index (χ1n) is 8.42. The third-order valence-corrected chi connectivity index (χ3v) is 4.33. The molecule has 0 N–H and O–H groups in total. The van der Waals surface area contributed by atoms with Crippen LogP contribution in [-0.4, -0.2) is 28.6 Å². The first-order chi connectivity index (χ1) is 13.9. The maximum atomic E-state index is 12.8. The number of rotatable bonds is 5. The average Bonchev–Trinajstić information content (AvgIpc) is 3.08. The molecule has 29 heavy (non-hydrogen) atoms. The highest BCUT2D eigenvalue weighted by atomic mass is 19.3. The Balaban J connectivity index is 1.71. The number of aromatic nitrogens is 1. The number of halogens is 2. The number of fused-ring (bicyclic) bond motifs is 3. The average molecular weight is 402 g/mol. The van der Waals surface area contributed by atoms with Gasteiger partial charge >= 0.3 is 12.6 Å². The van der Waals surface area contributed by atoms with E-state index in [9.17, 15) is 23.7 Å². The van der Waals surface area contributed by atoms with Crippen LogP contribution in [0.1, 0.15) is 16.8 Å². The standard InChI is InChI=1S/C19H12F2N2O6/c20-19(21)29-15-6-5-12(16-13-9-22-8-7-14(13)28-17(15)16)18(24)27-11-3-1-10(2-4-11)23(25)26/h1-3,5-9,11,19H,4H2. The molecule has 0 bridgehead atoms. The van der Waals surface area contributed by atoms with Gasteiger partial charge in [-0.15, -0.1) is 0 Å². The molecule has 1 aliphatic carbocycles. The van der Waals surface area contributed by atoms with Crippen LogP contribution in [0.25, 0.3) is 21.9 Å². The van der Waals surface area contributed by atoms with Crippen molar-refractivity contribution in [3.8, 4) is 5.75 Å². The Hall–Kier alpha value is -3.82. The van der Waals surface area contributed by atoms with Crippen LogP contribution in [0.4, 0.5) is 8.78 Å². The van der Waals surface area contributed by atoms with Crippen molar-refractivity contribution in [1.29, 1.82) is 0 Å². The number of alkyl halides is 2. The summed E-state index contributed by atoms with van der Waals surface area (Å²) in [7, 11) is 0. The number of hydrogen-bond donors (Lipinski definition) is 0. The number of benzene rings is 1. The number of pyridine rings is 1. The Morgan fingerprint density at radius 1 is 1.34 bits per heavy atom. The zero-order chi connectivity index (χ0) is 20.5. The van der Waals surface area contributed by atoms with Crippen molar-refractivity contribution in [2.45, 2.75) is 19.1 Å². The van der Waals surface area contributed by atoms with Gasteiger partial charge in [0.05, 0.1) is 10.5 Å². The Labute approximate surface area is 161 Å². The zero-order valence-electron chi connectivity index (χ0n) is 14.6. The molecule has 8 nitrogen and oxygen atoms in total. The molecule has 148 valence electrons. The summed E-state index contributed by atoms with van der Waals surface area (Å²) in [6, 6.07) is 4.03. The first kappa shape index (κ1) is 18.5. The molecule has 1 unspecified atom stereocenters. The van der Waals surface area contributed by atoms with Crippen molar-refractivity contribution in [3.63, 3.8) is 0 Å². The summed E-state index contributed by atoms with van der Waals surface area (Å²) in [6.07, 6.45) is 6.37. The maximum Gasteiger partial charge on any atom is 0.387 e. The van der Waals surface area contributed by atoms with Crippen molar-refractivity contribution in [3.05, 3.63) is 70.2 Å². The van der Waals surface area contributed by atoms with Crippen molar-refractivity contribution in [2.75, 3.05) is 0 Å². The summed E-state index contributed by atoms with van der Waals surface area (Å²) < 4.78 is 41.0. The van der Waals surface area contributed by atoms with Gasteiger partial charge in [-0.2, -0.15) is 8.78 Å². The molecule has 0 saturated carbocycles. The quantitative estimate of drug-likeness (QED) is 0.357. The molecule has 4 rings (SSSR count). The van der Waals surface area contributed by atoms with Crippen molar-refractivity contribution < 1.29 is 32.4 Å². The number of hydrogen-bond acceptors (Lipinski definition) is 7. The van der Waals surface area contributed by atoms with Crippen molar-refractivity contribution >= 4 is 27.9 Å². The molecule has 2 heterocycles. The summed E-state index contributed by atoms with van der Waals surface area (Å²) in [5.74, 6) is -0.961. The predicted octanol–water partition coefficient (Wildman–Crippen LogP) is 4.23. The maximum absolute atomic E-state index is 12.8. The molecule has 2 aromatic heterocycles. The van der Waals surface area contributed by atoms with E-state index in [1.54, 1.807) is 0 Å². The van der Waals surface area contributed by atoms with Gasteiger partial charge in [0, 0.05) is 35.7 Å². The van der Waals surface area contributed by atoms with Crippen molar-refractivity contribution in [2.24, 2.45) is 0 Å². The van der Waals surface area contributed by atoms with Gasteiger partial charge in [-0.05, 0) is 30.4 Å². The molecule has 1 aromatic carbocycles. The van der Waals surface area contributed by atoms with E-state index in [-0.39, 0.29) is 34.4 Å². The van der Waals surface area contributed by atoms with Gasteiger partial charge in [-0.25, -0.2) is 4.79 Å². The minimum absolute atomic E-state index is 0.0301. The van der Waals surface area contributed by atoms with Crippen LogP contribution >= 0.6 is 0 Å². The summed E-state index contributed by atoms with van der Waals surface area (Å²) in [5, 5.41) is 11.4. The lowest BCUT2D eigenvalue weighted by atomic mass is 10.1. The molecule has 0 aliphatic heterocycles. The van der Waals surface area contributed by atoms with E-state index in [1.165, 1.54) is 48.8 Å². The van der Waals surface area contributed by atoms with Crippen LogP contribution < -0.4 is 4.74 Å². The number of ether oxygens (including phenoxy) is 2. The molecule has 0 radical (unpaired) electrons. The highest BCUT2D eigenvalue weighted by Crippen LogP contribution is 2.37. The number of carbonyl (C=O) groups is 1. The molecular formula is C19H12F2N2O6. The van der Waals surface area contributed by atoms with E-state index in [1.807, 2.05) is 0 Å². The highest BCUT2D eigenvalue weighted by Gasteiger charge is 2.25. The fourth-order valence-corrected chi connectivity index (χ4v) is 3.07. The van der Waals surface area contributed by atoms with Crippen LogP contribution in [-0.2, 0) is 4.74 Å². The molecule has 3 aromatic rings. The number of nitro groups is 1. The van der Waals surface area contributed by atoms with E-state index in [4.69, 9.17) is 9.15 Å². The lowest BCUT2D eigenvalue weighted by molar-refractivity contribution is -0.419. The second kappa shape index (κ2) is 7.30. The van der Waals surface area contributed by atoms with Gasteiger partial charge in [0.25, 0.3) is 5.70 Å². The van der Waals surface area contributed by atoms with Crippen LogP contribution in [0.2, 0.25) is 0 Å². The monoisotopic (exact) mass is 402 g/mol. The predicted molar refractivity (Wildman–Crippen MR) is 96.2 cm³/mol. The van der Waals surface area contributed by atoms with E-state index in [2.05, 4.69) is 9.72 Å². The molecule has 1 atom stereocenters. The molecule has 1 aliphatic rings. The van der Waals surface area contributed by atoms with Gasteiger partial charge in [0.1, 0.15) is 11.7 Å². The molecular weight excluding hydrogens is 390 g/mol. The van der Waals surface area contributed by atoms with E-state index >= 15 is 0 Å². The number of esters is 1. The summed E-state index contributed by atoms with van der Waals surface area (Å²) >= 11 is 0. The van der Waals surface area contributed by atoms with Crippen LogP contribution in [0.3, 0.4) is 0 Å². The molecule has 0 amide bonds. The van der Waals surface area contributed by atoms with E-state index in [0.717, 1.165) is 0 Å². The molecule has 0 fully saturated rings. The number of furan rings is 1. The normalized spacial score (nSPS) is 16.2. The second-order valence-corrected chi connectivity index (χ2v) is 6.09. The van der Waals surface area contributed by atoms with Gasteiger partial charge in [0.15, 0.2) is 11.3 Å². The Morgan fingerprint density at radius 3 is 2.86 bits per heavy atom. The third kappa shape index (κ3) is 3.51. The first-order valence-corrected chi connectivity index (χ1v) is 8.42. The minimum atomic E-state index is -3.07. The van der Waals surface area contributed by atoms with Gasteiger partial charge in [0.2, 0.25) is 0 Å². The SMILES string of the molecule is O=C(OC1C=CC([N+](=O)[O-])=CC1)c1ccc(OC(F)F)c2oc3ccncc3c12. The highest BCUT2D eigenvalue weighted by molar-refractivity contribution is 6.16. The van der Waals surface area contributed by atoms with E-state index in [0.29, 0.717) is 11.0 Å². The fourth-order valence-electron chi connectivity index (χ4n) is 3.07. The summed E-state index contributed by atoms with van der Waals surface area (Å²) in [4.78, 5) is 27.0. The van der Waals surface area contributed by atoms with Gasteiger partial charge in [-0.3, -0.25) is 15.1 Å². The van der Waals surface area contributed by atoms with Gasteiger partial charge in [-0.1, -0.05) is 0 Å². The second-order valence-electron chi connectivity index (χ2n) is 6.09. The molecule has 0 spiro atoms. The summed E-state index contributed by atoms with van der Waals surface area (Å²) in [5.41, 5.74) is 0.300. The Morgan fingerprint density at radius 2 is 2.17 bits per heavy atom. The smallest absolute Gasteiger partial charge is 0.387 e. The zero-order valence-corrected chi connectivity index (χ0v) is 14.6. The Bertz CT molecular complexity index is 1180. The fraction of sp³-hybridized carbons (Fsp3) is 0.158. The third-order valence-electron chi connectivity index (χ3n) is 4.33. The number of allylic oxidation sites excluding steroid dienone is 1. The molecule has 10 heteroatoms.